The summed E-state index contributed by atoms with van der Waals surface area (Å²) in [6, 6.07) is 0. The molecule has 0 saturated heterocycles. The van der Waals surface area contributed by atoms with Crippen LogP contribution in [0.25, 0.3) is 0 Å². The van der Waals surface area contributed by atoms with Crippen LogP contribution in [0.4, 0.5) is 0 Å². The predicted molar refractivity (Wildman–Crippen MR) is 124 cm³/mol. The highest BCUT2D eigenvalue weighted by Crippen LogP contribution is 2.13. The van der Waals surface area contributed by atoms with Gasteiger partial charge in [0.25, 0.3) is 0 Å². The molecule has 0 aliphatic carbocycles. The molecule has 1 amide bonds. The molecule has 0 fully saturated rings. The van der Waals surface area contributed by atoms with Crippen molar-refractivity contribution in [2.24, 2.45) is 0 Å². The number of carbonyl (C=O) groups is 2. The molecule has 5 heteroatoms. The SMILES string of the molecule is CCC(=O)O.CCCCCCCCCCCCCCCC(=O)NC(CC)N(C)C. The highest BCUT2D eigenvalue weighted by molar-refractivity contribution is 5.76. The number of unbranched alkanes of at least 4 members (excludes halogenated alkanes) is 12. The van der Waals surface area contributed by atoms with Gasteiger partial charge in [0.15, 0.2) is 0 Å². The van der Waals surface area contributed by atoms with Crippen molar-refractivity contribution in [2.75, 3.05) is 14.1 Å². The Morgan fingerprint density at radius 2 is 1.14 bits per heavy atom. The van der Waals surface area contributed by atoms with Crippen LogP contribution in [0, 0.1) is 0 Å². The van der Waals surface area contributed by atoms with Gasteiger partial charge in [0.1, 0.15) is 0 Å². The Morgan fingerprint density at radius 1 is 0.759 bits per heavy atom. The third-order valence-electron chi connectivity index (χ3n) is 5.15. The summed E-state index contributed by atoms with van der Waals surface area (Å²) in [4.78, 5) is 23.3. The molecule has 29 heavy (non-hydrogen) atoms. The van der Waals surface area contributed by atoms with Gasteiger partial charge in [-0.25, -0.2) is 0 Å². The fourth-order valence-corrected chi connectivity index (χ4v) is 3.16. The monoisotopic (exact) mass is 414 g/mol. The lowest BCUT2D eigenvalue weighted by atomic mass is 10.0. The van der Waals surface area contributed by atoms with Crippen LogP contribution in [0.15, 0.2) is 0 Å². The smallest absolute Gasteiger partial charge is 0.303 e. The van der Waals surface area contributed by atoms with Crippen molar-refractivity contribution in [1.82, 2.24) is 10.2 Å². The van der Waals surface area contributed by atoms with Crippen molar-refractivity contribution >= 4 is 11.9 Å². The average molecular weight is 415 g/mol. The van der Waals surface area contributed by atoms with Crippen LogP contribution < -0.4 is 5.32 Å². The van der Waals surface area contributed by atoms with Crippen molar-refractivity contribution in [1.29, 1.82) is 0 Å². The van der Waals surface area contributed by atoms with Gasteiger partial charge in [-0.3, -0.25) is 14.5 Å². The second kappa shape index (κ2) is 23.2. The third-order valence-corrected chi connectivity index (χ3v) is 5.15. The maximum Gasteiger partial charge on any atom is 0.303 e. The Morgan fingerprint density at radius 3 is 1.45 bits per heavy atom. The highest BCUT2D eigenvalue weighted by atomic mass is 16.4. The Bertz CT molecular complexity index is 373. The Kier molecular flexibility index (Phi) is 24.1. The van der Waals surface area contributed by atoms with Crippen LogP contribution in [0.2, 0.25) is 0 Å². The summed E-state index contributed by atoms with van der Waals surface area (Å²) in [7, 11) is 4.03. The maximum atomic E-state index is 11.9. The minimum Gasteiger partial charge on any atom is -0.481 e. The Labute approximate surface area is 181 Å². The molecule has 174 valence electrons. The van der Waals surface area contributed by atoms with Gasteiger partial charge in [-0.2, -0.15) is 0 Å². The van der Waals surface area contributed by atoms with Gasteiger partial charge in [0.2, 0.25) is 5.91 Å². The standard InChI is InChI=1S/C21H44N2O.C3H6O2/c1-5-7-8-9-10-11-12-13-14-15-16-17-18-19-21(24)22-20(6-2)23(3)4;1-2-3(4)5/h20H,5-19H2,1-4H3,(H,22,24);2H2,1H3,(H,4,5). The molecule has 0 aliphatic rings. The molecule has 0 aromatic heterocycles. The van der Waals surface area contributed by atoms with E-state index in [9.17, 15) is 9.59 Å². The number of nitrogens with one attached hydrogen (secondary N) is 1. The first kappa shape index (κ1) is 30.1. The lowest BCUT2D eigenvalue weighted by Crippen LogP contribution is -2.44. The minimum absolute atomic E-state index is 0.180. The molecule has 2 N–H and O–H groups in total. The summed E-state index contributed by atoms with van der Waals surface area (Å²) in [5.74, 6) is -0.538. The van der Waals surface area contributed by atoms with Crippen molar-refractivity contribution in [3.05, 3.63) is 0 Å². The largest absolute Gasteiger partial charge is 0.481 e. The molecule has 0 bridgehead atoms. The summed E-state index contributed by atoms with van der Waals surface area (Å²) in [6.45, 7) is 5.98. The van der Waals surface area contributed by atoms with E-state index in [2.05, 4.69) is 24.1 Å². The molecule has 1 unspecified atom stereocenters. The van der Waals surface area contributed by atoms with Gasteiger partial charge in [0, 0.05) is 12.8 Å². The maximum absolute atomic E-state index is 11.9. The lowest BCUT2D eigenvalue weighted by Gasteiger charge is -2.23. The molecular weight excluding hydrogens is 364 g/mol. The van der Waals surface area contributed by atoms with E-state index in [-0.39, 0.29) is 18.5 Å². The number of rotatable bonds is 18. The third kappa shape index (κ3) is 24.9. The van der Waals surface area contributed by atoms with Crippen LogP contribution >= 0.6 is 0 Å². The van der Waals surface area contributed by atoms with Gasteiger partial charge in [0.05, 0.1) is 6.17 Å². The summed E-state index contributed by atoms with van der Waals surface area (Å²) >= 11 is 0. The first-order valence-electron chi connectivity index (χ1n) is 12.1. The number of carbonyl (C=O) groups excluding carboxylic acids is 1. The van der Waals surface area contributed by atoms with Gasteiger partial charge in [-0.05, 0) is 26.9 Å². The van der Waals surface area contributed by atoms with Crippen LogP contribution in [0.3, 0.4) is 0 Å². The van der Waals surface area contributed by atoms with Gasteiger partial charge < -0.3 is 10.4 Å². The van der Waals surface area contributed by atoms with Gasteiger partial charge >= 0.3 is 5.97 Å². The van der Waals surface area contributed by atoms with Crippen molar-refractivity contribution in [3.8, 4) is 0 Å². The van der Waals surface area contributed by atoms with Crippen LogP contribution in [-0.4, -0.2) is 42.1 Å². The molecule has 0 rings (SSSR count). The minimum atomic E-state index is -0.745. The molecule has 0 aromatic rings. The summed E-state index contributed by atoms with van der Waals surface area (Å²) in [5.41, 5.74) is 0. The predicted octanol–water partition coefficient (Wildman–Crippen LogP) is 6.36. The second-order valence-corrected chi connectivity index (χ2v) is 8.20. The Balaban J connectivity index is 0. The van der Waals surface area contributed by atoms with E-state index in [1.54, 1.807) is 6.92 Å². The van der Waals surface area contributed by atoms with E-state index < -0.39 is 5.97 Å². The summed E-state index contributed by atoms with van der Waals surface area (Å²) in [5, 5.41) is 10.8. The molecule has 5 nitrogen and oxygen atoms in total. The number of hydrogen-bond donors (Lipinski definition) is 2. The number of amides is 1. The number of nitrogens with zero attached hydrogens (tertiary/aromatic N) is 1. The van der Waals surface area contributed by atoms with Crippen molar-refractivity contribution < 1.29 is 14.7 Å². The molecule has 0 radical (unpaired) electrons. The zero-order valence-corrected chi connectivity index (χ0v) is 20.1. The molecule has 0 saturated carbocycles. The molecule has 0 aliphatic heterocycles. The number of carboxylic acid groups (broad SMARTS) is 1. The topological polar surface area (TPSA) is 69.6 Å². The van der Waals surface area contributed by atoms with E-state index in [0.29, 0.717) is 6.42 Å². The first-order chi connectivity index (χ1) is 13.9. The highest BCUT2D eigenvalue weighted by Gasteiger charge is 2.11. The lowest BCUT2D eigenvalue weighted by molar-refractivity contribution is -0.136. The van der Waals surface area contributed by atoms with E-state index in [1.165, 1.54) is 77.0 Å². The fraction of sp³-hybridized carbons (Fsp3) is 0.917. The molecular formula is C24H50N2O3. The molecule has 1 atom stereocenters. The molecule has 0 spiro atoms. The quantitative estimate of drug-likeness (QED) is 0.202. The van der Waals surface area contributed by atoms with E-state index in [4.69, 9.17) is 5.11 Å². The summed E-state index contributed by atoms with van der Waals surface area (Å²) < 4.78 is 0. The fourth-order valence-electron chi connectivity index (χ4n) is 3.16. The van der Waals surface area contributed by atoms with E-state index in [1.807, 2.05) is 14.1 Å². The Hall–Kier alpha value is -1.10. The first-order valence-corrected chi connectivity index (χ1v) is 12.1. The second-order valence-electron chi connectivity index (χ2n) is 8.20. The van der Waals surface area contributed by atoms with Gasteiger partial charge in [-0.1, -0.05) is 97.8 Å². The number of carboxylic acids is 1. The van der Waals surface area contributed by atoms with Crippen LogP contribution in [0.1, 0.15) is 124 Å². The normalized spacial score (nSPS) is 11.7. The van der Waals surface area contributed by atoms with Crippen LogP contribution in [-0.2, 0) is 9.59 Å². The zero-order valence-electron chi connectivity index (χ0n) is 20.1. The van der Waals surface area contributed by atoms with E-state index in [0.717, 1.165) is 12.8 Å². The molecule has 0 aromatic carbocycles. The average Bonchev–Trinajstić information content (AvgIpc) is 2.69. The van der Waals surface area contributed by atoms with Crippen LogP contribution in [0.5, 0.6) is 0 Å². The van der Waals surface area contributed by atoms with Gasteiger partial charge in [-0.15, -0.1) is 0 Å². The summed E-state index contributed by atoms with van der Waals surface area (Å²) in [6.07, 6.45) is 19.6. The number of aliphatic carboxylic acids is 1. The molecule has 0 heterocycles. The number of hydrogen-bond acceptors (Lipinski definition) is 3. The van der Waals surface area contributed by atoms with Crippen molar-refractivity contribution in [2.45, 2.75) is 130 Å². The van der Waals surface area contributed by atoms with Crippen molar-refractivity contribution in [3.63, 3.8) is 0 Å². The zero-order chi connectivity index (χ0) is 22.3. The van der Waals surface area contributed by atoms with E-state index >= 15 is 0 Å².